The Morgan fingerprint density at radius 3 is 2.92 bits per heavy atom. The van der Waals surface area contributed by atoms with E-state index in [1.54, 1.807) is 18.4 Å². The molecule has 26 heavy (non-hydrogen) atoms. The molecule has 7 heteroatoms. The molecular weight excluding hydrogens is 350 g/mol. The number of carbonyl (C=O) groups excluding carboxylic acids is 1. The monoisotopic (exact) mass is 377 g/mol. The SMILES string of the molecule is COCCCNC(=O)C1CCN(Cc2csc(-c3ccc(C)o3)n2)CC1. The number of thiazole rings is 1. The van der Waals surface area contributed by atoms with Crippen LogP contribution in [-0.4, -0.2) is 49.1 Å². The average Bonchev–Trinajstić information content (AvgIpc) is 3.28. The minimum Gasteiger partial charge on any atom is -0.459 e. The fourth-order valence-corrected chi connectivity index (χ4v) is 3.97. The highest BCUT2D eigenvalue weighted by Crippen LogP contribution is 2.27. The van der Waals surface area contributed by atoms with Crippen molar-refractivity contribution in [3.63, 3.8) is 0 Å². The summed E-state index contributed by atoms with van der Waals surface area (Å²) in [5.74, 6) is 2.05. The molecule has 6 nitrogen and oxygen atoms in total. The van der Waals surface area contributed by atoms with E-state index in [4.69, 9.17) is 14.1 Å². The minimum absolute atomic E-state index is 0.130. The van der Waals surface area contributed by atoms with E-state index in [2.05, 4.69) is 15.6 Å². The Kier molecular flexibility index (Phi) is 6.82. The molecule has 1 N–H and O–H groups in total. The van der Waals surface area contributed by atoms with Crippen LogP contribution in [-0.2, 0) is 16.1 Å². The number of ether oxygens (including phenoxy) is 1. The van der Waals surface area contributed by atoms with Crippen molar-refractivity contribution in [2.45, 2.75) is 32.7 Å². The highest BCUT2D eigenvalue weighted by molar-refractivity contribution is 7.13. The number of rotatable bonds is 8. The van der Waals surface area contributed by atoms with Gasteiger partial charge in [0.25, 0.3) is 0 Å². The van der Waals surface area contributed by atoms with Gasteiger partial charge in [-0.25, -0.2) is 4.98 Å². The Morgan fingerprint density at radius 1 is 1.42 bits per heavy atom. The molecule has 1 aliphatic rings. The molecule has 3 heterocycles. The Bertz CT molecular complexity index is 704. The largest absolute Gasteiger partial charge is 0.459 e. The van der Waals surface area contributed by atoms with E-state index in [-0.39, 0.29) is 11.8 Å². The first kappa shape index (κ1) is 19.1. The first-order chi connectivity index (χ1) is 12.7. The van der Waals surface area contributed by atoms with Crippen molar-refractivity contribution in [2.24, 2.45) is 5.92 Å². The number of carbonyl (C=O) groups is 1. The van der Waals surface area contributed by atoms with Gasteiger partial charge in [0, 0.05) is 38.1 Å². The van der Waals surface area contributed by atoms with E-state index in [0.29, 0.717) is 13.2 Å². The van der Waals surface area contributed by atoms with Crippen molar-refractivity contribution in [1.29, 1.82) is 0 Å². The van der Waals surface area contributed by atoms with Gasteiger partial charge in [0.15, 0.2) is 10.8 Å². The maximum absolute atomic E-state index is 12.2. The van der Waals surface area contributed by atoms with Crippen LogP contribution in [0.4, 0.5) is 0 Å². The second kappa shape index (κ2) is 9.30. The zero-order chi connectivity index (χ0) is 18.4. The van der Waals surface area contributed by atoms with Gasteiger partial charge in [0.05, 0.1) is 5.69 Å². The molecular formula is C19H27N3O3S. The molecule has 0 bridgehead atoms. The fraction of sp³-hybridized carbons (Fsp3) is 0.579. The highest BCUT2D eigenvalue weighted by Gasteiger charge is 2.25. The highest BCUT2D eigenvalue weighted by atomic mass is 32.1. The molecule has 1 amide bonds. The number of furan rings is 1. The van der Waals surface area contributed by atoms with Crippen LogP contribution in [0.15, 0.2) is 21.9 Å². The van der Waals surface area contributed by atoms with Gasteiger partial charge in [0.1, 0.15) is 5.76 Å². The Labute approximate surface area is 158 Å². The quantitative estimate of drug-likeness (QED) is 0.716. The molecule has 0 unspecified atom stereocenters. The lowest BCUT2D eigenvalue weighted by Crippen LogP contribution is -2.40. The van der Waals surface area contributed by atoms with Crippen molar-refractivity contribution < 1.29 is 13.9 Å². The smallest absolute Gasteiger partial charge is 0.223 e. The molecule has 2 aromatic rings. The normalized spacial score (nSPS) is 16.1. The molecule has 0 aliphatic carbocycles. The molecule has 0 radical (unpaired) electrons. The lowest BCUT2D eigenvalue weighted by Gasteiger charge is -2.30. The Balaban J connectivity index is 1.43. The molecule has 1 aliphatic heterocycles. The van der Waals surface area contributed by atoms with E-state index in [0.717, 1.165) is 61.1 Å². The van der Waals surface area contributed by atoms with Crippen molar-refractivity contribution in [3.8, 4) is 10.8 Å². The number of likely N-dealkylation sites (tertiary alicyclic amines) is 1. The topological polar surface area (TPSA) is 67.6 Å². The van der Waals surface area contributed by atoms with Crippen LogP contribution in [0, 0.1) is 12.8 Å². The fourth-order valence-electron chi connectivity index (χ4n) is 3.20. The molecule has 0 atom stereocenters. The third kappa shape index (κ3) is 5.16. The van der Waals surface area contributed by atoms with Gasteiger partial charge in [-0.1, -0.05) is 0 Å². The van der Waals surface area contributed by atoms with E-state index in [1.165, 1.54) is 0 Å². The van der Waals surface area contributed by atoms with Gasteiger partial charge in [-0.2, -0.15) is 0 Å². The van der Waals surface area contributed by atoms with Crippen LogP contribution >= 0.6 is 11.3 Å². The van der Waals surface area contributed by atoms with Gasteiger partial charge in [-0.15, -0.1) is 11.3 Å². The van der Waals surface area contributed by atoms with Gasteiger partial charge < -0.3 is 14.5 Å². The molecule has 0 spiro atoms. The number of methoxy groups -OCH3 is 1. The lowest BCUT2D eigenvalue weighted by molar-refractivity contribution is -0.126. The first-order valence-electron chi connectivity index (χ1n) is 9.16. The molecule has 2 aromatic heterocycles. The van der Waals surface area contributed by atoms with Crippen molar-refractivity contribution >= 4 is 17.2 Å². The molecule has 3 rings (SSSR count). The second-order valence-corrected chi connectivity index (χ2v) is 7.60. The van der Waals surface area contributed by atoms with E-state index in [1.807, 2.05) is 19.1 Å². The van der Waals surface area contributed by atoms with Crippen LogP contribution in [0.3, 0.4) is 0 Å². The summed E-state index contributed by atoms with van der Waals surface area (Å²) >= 11 is 1.62. The molecule has 0 saturated carbocycles. The summed E-state index contributed by atoms with van der Waals surface area (Å²) in [5, 5.41) is 6.04. The predicted molar refractivity (Wildman–Crippen MR) is 102 cm³/mol. The first-order valence-corrected chi connectivity index (χ1v) is 10.0. The summed E-state index contributed by atoms with van der Waals surface area (Å²) in [7, 11) is 1.68. The second-order valence-electron chi connectivity index (χ2n) is 6.74. The van der Waals surface area contributed by atoms with E-state index < -0.39 is 0 Å². The number of aromatic nitrogens is 1. The third-order valence-corrected chi connectivity index (χ3v) is 5.58. The van der Waals surface area contributed by atoms with Crippen LogP contribution in [0.25, 0.3) is 10.8 Å². The summed E-state index contributed by atoms with van der Waals surface area (Å²) < 4.78 is 10.6. The van der Waals surface area contributed by atoms with E-state index >= 15 is 0 Å². The predicted octanol–water partition coefficient (Wildman–Crippen LogP) is 3.08. The molecule has 1 saturated heterocycles. The van der Waals surface area contributed by atoms with Crippen molar-refractivity contribution in [2.75, 3.05) is 33.4 Å². The minimum atomic E-state index is 0.130. The number of nitrogens with one attached hydrogen (secondary N) is 1. The van der Waals surface area contributed by atoms with Gasteiger partial charge in [-0.3, -0.25) is 9.69 Å². The zero-order valence-corrected chi connectivity index (χ0v) is 16.3. The Morgan fingerprint density at radius 2 is 2.23 bits per heavy atom. The van der Waals surface area contributed by atoms with Gasteiger partial charge in [-0.05, 0) is 51.4 Å². The summed E-state index contributed by atoms with van der Waals surface area (Å²) in [6.07, 6.45) is 2.68. The van der Waals surface area contributed by atoms with Gasteiger partial charge in [0.2, 0.25) is 5.91 Å². The van der Waals surface area contributed by atoms with E-state index in [9.17, 15) is 4.79 Å². The zero-order valence-electron chi connectivity index (χ0n) is 15.5. The maximum Gasteiger partial charge on any atom is 0.223 e. The van der Waals surface area contributed by atoms with Crippen molar-refractivity contribution in [1.82, 2.24) is 15.2 Å². The average molecular weight is 378 g/mol. The van der Waals surface area contributed by atoms with Crippen LogP contribution in [0.1, 0.15) is 30.7 Å². The van der Waals surface area contributed by atoms with Crippen LogP contribution < -0.4 is 5.32 Å². The number of aryl methyl sites for hydroxylation is 1. The lowest BCUT2D eigenvalue weighted by atomic mass is 9.96. The summed E-state index contributed by atoms with van der Waals surface area (Å²) in [6, 6.07) is 3.93. The standard InChI is InChI=1S/C19H27N3O3S/c1-14-4-5-17(25-14)19-21-16(13-26-19)12-22-9-6-15(7-10-22)18(23)20-8-3-11-24-2/h4-5,13,15H,3,6-12H2,1-2H3,(H,20,23). The third-order valence-electron chi connectivity index (χ3n) is 4.67. The number of hydrogen-bond donors (Lipinski definition) is 1. The number of amides is 1. The van der Waals surface area contributed by atoms with Crippen LogP contribution in [0.2, 0.25) is 0 Å². The molecule has 1 fully saturated rings. The van der Waals surface area contributed by atoms with Crippen LogP contribution in [0.5, 0.6) is 0 Å². The number of nitrogens with zero attached hydrogens (tertiary/aromatic N) is 2. The van der Waals surface area contributed by atoms with Crippen molar-refractivity contribution in [3.05, 3.63) is 29.0 Å². The maximum atomic E-state index is 12.2. The number of piperidine rings is 1. The molecule has 0 aromatic carbocycles. The summed E-state index contributed by atoms with van der Waals surface area (Å²) in [6.45, 7) is 6.02. The Hall–Kier alpha value is -1.70. The summed E-state index contributed by atoms with van der Waals surface area (Å²) in [5.41, 5.74) is 1.07. The van der Waals surface area contributed by atoms with Gasteiger partial charge >= 0.3 is 0 Å². The number of hydrogen-bond acceptors (Lipinski definition) is 6. The molecule has 142 valence electrons. The summed E-state index contributed by atoms with van der Waals surface area (Å²) in [4.78, 5) is 19.3.